The Morgan fingerprint density at radius 2 is 1.95 bits per heavy atom. The van der Waals surface area contributed by atoms with Crippen LogP contribution in [0.15, 0.2) is 11.6 Å². The molecule has 1 N–H and O–H groups in total. The maximum absolute atomic E-state index is 12.3. The summed E-state index contributed by atoms with van der Waals surface area (Å²) in [6.07, 6.45) is 8.69. The van der Waals surface area contributed by atoms with E-state index >= 15 is 0 Å². The van der Waals surface area contributed by atoms with Crippen LogP contribution < -0.4 is 40.0 Å². The normalized spacial score (nSPS) is 28.9. The number of allylic oxidation sites excluding steroid dienone is 1. The second-order valence-corrected chi connectivity index (χ2v) is 6.08. The van der Waals surface area contributed by atoms with E-state index in [0.29, 0.717) is 19.4 Å². The number of rotatable bonds is 5. The number of nitrogens with zero attached hydrogens (tertiary/aromatic N) is 1. The average molecular weight is 300 g/mol. The number of carboxylic acid groups (broad SMARTS) is 1. The molecule has 1 aliphatic heterocycles. The van der Waals surface area contributed by atoms with E-state index in [9.17, 15) is 14.7 Å². The van der Waals surface area contributed by atoms with Gasteiger partial charge in [0.25, 0.3) is 0 Å². The SMILES string of the molecule is O=C([O-])C1CCC(C(=O)NCC2=CCCC2)N1C1CC1.[Na+]. The van der Waals surface area contributed by atoms with Crippen LogP contribution in [0.3, 0.4) is 0 Å². The summed E-state index contributed by atoms with van der Waals surface area (Å²) in [4.78, 5) is 25.4. The van der Waals surface area contributed by atoms with Crippen molar-refractivity contribution in [2.75, 3.05) is 6.54 Å². The van der Waals surface area contributed by atoms with Gasteiger partial charge in [-0.15, -0.1) is 0 Å². The van der Waals surface area contributed by atoms with E-state index in [-0.39, 0.29) is 47.5 Å². The van der Waals surface area contributed by atoms with Crippen molar-refractivity contribution in [2.24, 2.45) is 0 Å². The number of carbonyl (C=O) groups excluding carboxylic acids is 2. The Kier molecular flexibility index (Phi) is 5.88. The van der Waals surface area contributed by atoms with Gasteiger partial charge in [-0.1, -0.05) is 11.6 Å². The largest absolute Gasteiger partial charge is 1.00 e. The first-order valence-electron chi connectivity index (χ1n) is 7.60. The summed E-state index contributed by atoms with van der Waals surface area (Å²) in [6.45, 7) is 0.615. The maximum Gasteiger partial charge on any atom is 1.00 e. The van der Waals surface area contributed by atoms with Crippen molar-refractivity contribution in [3.8, 4) is 0 Å². The smallest absolute Gasteiger partial charge is 0.548 e. The summed E-state index contributed by atoms with van der Waals surface area (Å²) in [7, 11) is 0. The van der Waals surface area contributed by atoms with Crippen molar-refractivity contribution in [3.05, 3.63) is 11.6 Å². The molecule has 0 aromatic carbocycles. The molecule has 21 heavy (non-hydrogen) atoms. The number of amides is 1. The van der Waals surface area contributed by atoms with E-state index in [0.717, 1.165) is 25.7 Å². The van der Waals surface area contributed by atoms with E-state index in [4.69, 9.17) is 0 Å². The molecule has 1 saturated carbocycles. The third kappa shape index (κ3) is 3.89. The van der Waals surface area contributed by atoms with Crippen molar-refractivity contribution < 1.29 is 44.3 Å². The summed E-state index contributed by atoms with van der Waals surface area (Å²) in [5.74, 6) is -1.06. The van der Waals surface area contributed by atoms with Gasteiger partial charge in [-0.25, -0.2) is 0 Å². The minimum atomic E-state index is -1.04. The molecular formula is C15H21N2NaO3. The molecule has 2 atom stereocenters. The van der Waals surface area contributed by atoms with Gasteiger partial charge in [0.15, 0.2) is 0 Å². The second kappa shape index (κ2) is 7.27. The number of carboxylic acids is 1. The summed E-state index contributed by atoms with van der Waals surface area (Å²) in [5, 5.41) is 14.2. The zero-order valence-corrected chi connectivity index (χ0v) is 14.6. The summed E-state index contributed by atoms with van der Waals surface area (Å²) in [6, 6.07) is -0.599. The molecule has 2 aliphatic carbocycles. The quantitative estimate of drug-likeness (QED) is 0.433. The summed E-state index contributed by atoms with van der Waals surface area (Å²) in [5.41, 5.74) is 1.30. The molecule has 2 fully saturated rings. The molecule has 1 heterocycles. The number of hydrogen-bond acceptors (Lipinski definition) is 4. The number of likely N-dealkylation sites (tertiary alicyclic amines) is 1. The van der Waals surface area contributed by atoms with Crippen molar-refractivity contribution >= 4 is 11.9 Å². The van der Waals surface area contributed by atoms with Crippen molar-refractivity contribution in [3.63, 3.8) is 0 Å². The van der Waals surface area contributed by atoms with Crippen LogP contribution in [-0.4, -0.2) is 41.4 Å². The first-order chi connectivity index (χ1) is 9.66. The molecule has 0 spiro atoms. The molecule has 3 aliphatic rings. The van der Waals surface area contributed by atoms with Gasteiger partial charge in [0.05, 0.1) is 18.1 Å². The standard InChI is InChI=1S/C15H22N2O3.Na/c18-14(16-9-10-3-1-2-4-10)12-7-8-13(15(19)20)17(12)11-5-6-11;/h3,11-13H,1-2,4-9H2,(H,16,18)(H,19,20);/q;+1/p-1. The summed E-state index contributed by atoms with van der Waals surface area (Å²) >= 11 is 0. The number of nitrogens with one attached hydrogen (secondary N) is 1. The van der Waals surface area contributed by atoms with Crippen LogP contribution in [0.4, 0.5) is 0 Å². The maximum atomic E-state index is 12.3. The fraction of sp³-hybridized carbons (Fsp3) is 0.733. The molecule has 0 bridgehead atoms. The van der Waals surface area contributed by atoms with Crippen molar-refractivity contribution in [1.82, 2.24) is 10.2 Å². The zero-order valence-electron chi connectivity index (χ0n) is 12.6. The molecule has 0 aromatic heterocycles. The van der Waals surface area contributed by atoms with Gasteiger partial charge in [0.2, 0.25) is 5.91 Å². The van der Waals surface area contributed by atoms with Crippen LogP contribution in [0, 0.1) is 0 Å². The number of carbonyl (C=O) groups is 2. The van der Waals surface area contributed by atoms with E-state index in [1.54, 1.807) is 0 Å². The average Bonchev–Trinajstić information content (AvgIpc) is 2.96. The number of hydrogen-bond donors (Lipinski definition) is 1. The Hall–Kier alpha value is -0.360. The molecule has 1 saturated heterocycles. The summed E-state index contributed by atoms with van der Waals surface area (Å²) < 4.78 is 0. The van der Waals surface area contributed by atoms with Gasteiger partial charge in [-0.3, -0.25) is 9.69 Å². The first kappa shape index (κ1) is 17.0. The Morgan fingerprint density at radius 1 is 1.24 bits per heavy atom. The fourth-order valence-corrected chi connectivity index (χ4v) is 3.44. The van der Waals surface area contributed by atoms with Crippen LogP contribution in [-0.2, 0) is 9.59 Å². The molecular weight excluding hydrogens is 279 g/mol. The monoisotopic (exact) mass is 300 g/mol. The van der Waals surface area contributed by atoms with Crippen LogP contribution in [0.1, 0.15) is 44.9 Å². The van der Waals surface area contributed by atoms with Gasteiger partial charge < -0.3 is 15.2 Å². The molecule has 5 nitrogen and oxygen atoms in total. The molecule has 0 aromatic rings. The Balaban J connectivity index is 0.00000161. The van der Waals surface area contributed by atoms with Gasteiger partial charge in [0.1, 0.15) is 0 Å². The minimum Gasteiger partial charge on any atom is -0.548 e. The molecule has 6 heteroatoms. The van der Waals surface area contributed by atoms with Gasteiger partial charge >= 0.3 is 29.6 Å². The van der Waals surface area contributed by atoms with Crippen LogP contribution >= 0.6 is 0 Å². The Labute approximate surface area is 147 Å². The molecule has 0 radical (unpaired) electrons. The first-order valence-corrected chi connectivity index (χ1v) is 7.60. The molecule has 2 unspecified atom stereocenters. The van der Waals surface area contributed by atoms with E-state index in [2.05, 4.69) is 11.4 Å². The zero-order chi connectivity index (χ0) is 14.1. The minimum absolute atomic E-state index is 0. The van der Waals surface area contributed by atoms with Crippen molar-refractivity contribution in [1.29, 1.82) is 0 Å². The molecule has 3 rings (SSSR count). The van der Waals surface area contributed by atoms with Crippen LogP contribution in [0.2, 0.25) is 0 Å². The van der Waals surface area contributed by atoms with Crippen LogP contribution in [0.25, 0.3) is 0 Å². The van der Waals surface area contributed by atoms with Gasteiger partial charge in [0, 0.05) is 12.6 Å². The predicted octanol–water partition coefficient (Wildman–Crippen LogP) is -3.04. The van der Waals surface area contributed by atoms with E-state index < -0.39 is 12.0 Å². The van der Waals surface area contributed by atoms with Gasteiger partial charge in [-0.05, 0) is 44.9 Å². The second-order valence-electron chi connectivity index (χ2n) is 6.08. The van der Waals surface area contributed by atoms with Crippen molar-refractivity contribution in [2.45, 2.75) is 63.1 Å². The predicted molar refractivity (Wildman–Crippen MR) is 71.6 cm³/mol. The third-order valence-corrected chi connectivity index (χ3v) is 4.60. The van der Waals surface area contributed by atoms with E-state index in [1.165, 1.54) is 12.0 Å². The Bertz CT molecular complexity index is 448. The Morgan fingerprint density at radius 3 is 2.52 bits per heavy atom. The fourth-order valence-electron chi connectivity index (χ4n) is 3.44. The molecule has 110 valence electrons. The van der Waals surface area contributed by atoms with E-state index in [1.807, 2.05) is 4.90 Å². The number of aliphatic carboxylic acids is 1. The molecule has 1 amide bonds. The van der Waals surface area contributed by atoms with Gasteiger partial charge in [-0.2, -0.15) is 0 Å². The van der Waals surface area contributed by atoms with Crippen LogP contribution in [0.5, 0.6) is 0 Å². The topological polar surface area (TPSA) is 72.5 Å². The third-order valence-electron chi connectivity index (χ3n) is 4.60.